The molecule has 9 rings (SSSR count). The molecule has 0 aliphatic rings. The van der Waals surface area contributed by atoms with Crippen LogP contribution in [0.15, 0.2) is 138 Å². The van der Waals surface area contributed by atoms with E-state index in [1.807, 2.05) is 6.07 Å². The van der Waals surface area contributed by atoms with Crippen LogP contribution in [-0.4, -0.2) is 9.13 Å². The smallest absolute Gasteiger partial charge is 0.145 e. The summed E-state index contributed by atoms with van der Waals surface area (Å²) in [5.41, 5.74) is 8.83. The zero-order chi connectivity index (χ0) is 25.5. The summed E-state index contributed by atoms with van der Waals surface area (Å²) in [5, 5.41) is 7.12. The van der Waals surface area contributed by atoms with E-state index in [-0.39, 0.29) is 0 Å². The molecule has 0 amide bonds. The third kappa shape index (κ3) is 2.71. The molecule has 0 fully saturated rings. The number of para-hydroxylation sites is 4. The molecule has 3 heterocycles. The van der Waals surface area contributed by atoms with Crippen LogP contribution in [-0.2, 0) is 0 Å². The van der Waals surface area contributed by atoms with E-state index in [4.69, 9.17) is 4.42 Å². The average Bonchev–Trinajstić information content (AvgIpc) is 3.65. The van der Waals surface area contributed by atoms with Gasteiger partial charge in [0.1, 0.15) is 11.2 Å². The van der Waals surface area contributed by atoms with E-state index < -0.39 is 0 Å². The highest BCUT2D eigenvalue weighted by atomic mass is 16.3. The fraction of sp³-hybridized carbons (Fsp3) is 0. The lowest BCUT2D eigenvalue weighted by molar-refractivity contribution is 0.673. The standard InChI is InChI=1S/C36H22N2O/c1-3-11-23(12-4-1)37-30-21-19-27-25-15-7-9-17-29(25)38(24-13-5-2-6-14-24)35(27)33(30)34-31(37)22-20-28-26-16-8-10-18-32(26)39-36(28)34/h1-22H. The van der Waals surface area contributed by atoms with Crippen LogP contribution in [0.25, 0.3) is 76.9 Å². The SMILES string of the molecule is c1ccc(-n2c3ccc4c5ccccc5oc4c3c3c2ccc2c4ccccc4n(-c4ccccc4)c23)cc1. The number of rotatable bonds is 2. The summed E-state index contributed by atoms with van der Waals surface area (Å²) in [6, 6.07) is 47.4. The molecular formula is C36H22N2O. The Morgan fingerprint density at radius 1 is 0.385 bits per heavy atom. The predicted octanol–water partition coefficient (Wildman–Crippen LogP) is 9.78. The largest absolute Gasteiger partial charge is 0.455 e. The van der Waals surface area contributed by atoms with Gasteiger partial charge in [-0.05, 0) is 54.6 Å². The van der Waals surface area contributed by atoms with Crippen LogP contribution in [0.4, 0.5) is 0 Å². The predicted molar refractivity (Wildman–Crippen MR) is 162 cm³/mol. The van der Waals surface area contributed by atoms with Crippen molar-refractivity contribution in [2.75, 3.05) is 0 Å². The van der Waals surface area contributed by atoms with Crippen LogP contribution in [0.1, 0.15) is 0 Å². The molecule has 0 saturated carbocycles. The minimum Gasteiger partial charge on any atom is -0.455 e. The fourth-order valence-corrected chi connectivity index (χ4v) is 6.52. The lowest BCUT2D eigenvalue weighted by Crippen LogP contribution is -1.95. The summed E-state index contributed by atoms with van der Waals surface area (Å²) in [4.78, 5) is 0. The minimum absolute atomic E-state index is 0.913. The number of benzene rings is 6. The first kappa shape index (κ1) is 20.7. The first-order valence-electron chi connectivity index (χ1n) is 13.3. The molecule has 39 heavy (non-hydrogen) atoms. The topological polar surface area (TPSA) is 23.0 Å². The molecule has 182 valence electrons. The van der Waals surface area contributed by atoms with Gasteiger partial charge in [-0.15, -0.1) is 0 Å². The van der Waals surface area contributed by atoms with Gasteiger partial charge in [-0.1, -0.05) is 78.9 Å². The van der Waals surface area contributed by atoms with Gasteiger partial charge in [0.05, 0.1) is 27.5 Å². The molecule has 0 unspecified atom stereocenters. The number of nitrogens with zero attached hydrogens (tertiary/aromatic N) is 2. The fourth-order valence-electron chi connectivity index (χ4n) is 6.52. The summed E-state index contributed by atoms with van der Waals surface area (Å²) in [7, 11) is 0. The molecule has 9 aromatic rings. The molecule has 0 bridgehead atoms. The number of furan rings is 1. The highest BCUT2D eigenvalue weighted by Crippen LogP contribution is 2.45. The minimum atomic E-state index is 0.913. The van der Waals surface area contributed by atoms with Crippen molar-refractivity contribution in [2.45, 2.75) is 0 Å². The lowest BCUT2D eigenvalue weighted by atomic mass is 10.1. The van der Waals surface area contributed by atoms with Crippen molar-refractivity contribution in [3.8, 4) is 11.4 Å². The van der Waals surface area contributed by atoms with Gasteiger partial charge in [0.15, 0.2) is 0 Å². The van der Waals surface area contributed by atoms with Crippen molar-refractivity contribution >= 4 is 65.6 Å². The third-order valence-electron chi connectivity index (χ3n) is 8.10. The van der Waals surface area contributed by atoms with Crippen LogP contribution < -0.4 is 0 Å². The Hall–Kier alpha value is -5.28. The zero-order valence-electron chi connectivity index (χ0n) is 21.0. The van der Waals surface area contributed by atoms with Gasteiger partial charge in [0.2, 0.25) is 0 Å². The average molecular weight is 499 g/mol. The first-order chi connectivity index (χ1) is 19.4. The van der Waals surface area contributed by atoms with E-state index in [9.17, 15) is 0 Å². The molecule has 0 aliphatic carbocycles. The second-order valence-corrected chi connectivity index (χ2v) is 10.1. The van der Waals surface area contributed by atoms with E-state index in [1.165, 1.54) is 27.2 Å². The quantitative estimate of drug-likeness (QED) is 0.233. The lowest BCUT2D eigenvalue weighted by Gasteiger charge is -2.09. The van der Waals surface area contributed by atoms with Crippen molar-refractivity contribution in [2.24, 2.45) is 0 Å². The summed E-state index contributed by atoms with van der Waals surface area (Å²) in [6.07, 6.45) is 0. The molecule has 3 aromatic heterocycles. The summed E-state index contributed by atoms with van der Waals surface area (Å²) >= 11 is 0. The van der Waals surface area contributed by atoms with Gasteiger partial charge < -0.3 is 13.6 Å². The van der Waals surface area contributed by atoms with Crippen LogP contribution in [0.5, 0.6) is 0 Å². The zero-order valence-corrected chi connectivity index (χ0v) is 21.0. The van der Waals surface area contributed by atoms with Crippen molar-refractivity contribution in [3.63, 3.8) is 0 Å². The number of hydrogen-bond donors (Lipinski definition) is 0. The Labute approximate surface area is 223 Å². The molecule has 0 aliphatic heterocycles. The van der Waals surface area contributed by atoms with E-state index in [2.05, 4.69) is 137 Å². The number of hydrogen-bond acceptors (Lipinski definition) is 1. The Balaban J connectivity index is 1.61. The Morgan fingerprint density at radius 3 is 1.74 bits per heavy atom. The molecule has 0 radical (unpaired) electrons. The van der Waals surface area contributed by atoms with Gasteiger partial charge in [-0.3, -0.25) is 0 Å². The number of fused-ring (bicyclic) bond motifs is 11. The normalized spacial score (nSPS) is 12.1. The molecule has 6 aromatic carbocycles. The molecule has 0 N–H and O–H groups in total. The Morgan fingerprint density at radius 2 is 0.974 bits per heavy atom. The molecular weight excluding hydrogens is 476 g/mol. The molecule has 3 nitrogen and oxygen atoms in total. The van der Waals surface area contributed by atoms with E-state index in [1.54, 1.807) is 0 Å². The van der Waals surface area contributed by atoms with Crippen LogP contribution in [0, 0.1) is 0 Å². The monoisotopic (exact) mass is 498 g/mol. The highest BCUT2D eigenvalue weighted by Gasteiger charge is 2.23. The molecule has 3 heteroatoms. The van der Waals surface area contributed by atoms with Gasteiger partial charge >= 0.3 is 0 Å². The number of aromatic nitrogens is 2. The maximum atomic E-state index is 6.67. The van der Waals surface area contributed by atoms with E-state index >= 15 is 0 Å². The molecule has 0 spiro atoms. The van der Waals surface area contributed by atoms with Crippen LogP contribution >= 0.6 is 0 Å². The molecule has 0 atom stereocenters. The second-order valence-electron chi connectivity index (χ2n) is 10.1. The van der Waals surface area contributed by atoms with Crippen molar-refractivity contribution < 1.29 is 4.42 Å². The second kappa shape index (κ2) is 7.62. The van der Waals surface area contributed by atoms with Gasteiger partial charge in [0, 0.05) is 38.3 Å². The van der Waals surface area contributed by atoms with E-state index in [0.717, 1.165) is 49.7 Å². The summed E-state index contributed by atoms with van der Waals surface area (Å²) in [5.74, 6) is 0. The van der Waals surface area contributed by atoms with E-state index in [0.29, 0.717) is 0 Å². The summed E-state index contributed by atoms with van der Waals surface area (Å²) in [6.45, 7) is 0. The first-order valence-corrected chi connectivity index (χ1v) is 13.3. The van der Waals surface area contributed by atoms with Gasteiger partial charge in [-0.2, -0.15) is 0 Å². The maximum absolute atomic E-state index is 6.67. The molecule has 0 saturated heterocycles. The third-order valence-corrected chi connectivity index (χ3v) is 8.10. The summed E-state index contributed by atoms with van der Waals surface area (Å²) < 4.78 is 11.5. The maximum Gasteiger partial charge on any atom is 0.145 e. The highest BCUT2D eigenvalue weighted by molar-refractivity contribution is 6.31. The van der Waals surface area contributed by atoms with Crippen molar-refractivity contribution in [1.82, 2.24) is 9.13 Å². The van der Waals surface area contributed by atoms with Crippen molar-refractivity contribution in [1.29, 1.82) is 0 Å². The Kier molecular flexibility index (Phi) is 4.05. The van der Waals surface area contributed by atoms with Gasteiger partial charge in [-0.25, -0.2) is 0 Å². The van der Waals surface area contributed by atoms with Gasteiger partial charge in [0.25, 0.3) is 0 Å². The van der Waals surface area contributed by atoms with Crippen LogP contribution in [0.2, 0.25) is 0 Å². The van der Waals surface area contributed by atoms with Crippen LogP contribution in [0.3, 0.4) is 0 Å². The van der Waals surface area contributed by atoms with Crippen molar-refractivity contribution in [3.05, 3.63) is 133 Å². The Bertz CT molecular complexity index is 2370.